The molecular weight excluding hydrogens is 415 g/mol. The van der Waals surface area contributed by atoms with Crippen LogP contribution in [0.4, 0.5) is 4.39 Å². The number of hydrogen-bond donors (Lipinski definition) is 0. The van der Waals surface area contributed by atoms with Gasteiger partial charge in [-0.05, 0) is 55.7 Å². The highest BCUT2D eigenvalue weighted by molar-refractivity contribution is 5.98. The molecule has 0 fully saturated rings. The van der Waals surface area contributed by atoms with E-state index in [-0.39, 0.29) is 23.8 Å². The van der Waals surface area contributed by atoms with Gasteiger partial charge in [-0.2, -0.15) is 5.10 Å². The van der Waals surface area contributed by atoms with Crippen LogP contribution < -0.4 is 0 Å². The number of nitrogens with zero attached hydrogens (tertiary/aromatic N) is 4. The Morgan fingerprint density at radius 2 is 1.94 bits per heavy atom. The normalized spacial score (nSPS) is 17.9. The van der Waals surface area contributed by atoms with Crippen molar-refractivity contribution in [1.29, 1.82) is 0 Å². The molecule has 4 aromatic rings. The molecule has 5 nitrogen and oxygen atoms in total. The predicted octanol–water partition coefficient (Wildman–Crippen LogP) is 5.70. The number of fused-ring (bicyclic) bond motifs is 2. The van der Waals surface area contributed by atoms with Crippen LogP contribution >= 0.6 is 0 Å². The molecule has 1 amide bonds. The molecule has 6 heteroatoms. The fourth-order valence-electron chi connectivity index (χ4n) is 5.17. The Hall–Kier alpha value is -3.54. The van der Waals surface area contributed by atoms with Gasteiger partial charge in [0.2, 0.25) is 0 Å². The summed E-state index contributed by atoms with van der Waals surface area (Å²) in [6, 6.07) is 16.1. The van der Waals surface area contributed by atoms with Crippen molar-refractivity contribution in [3.8, 4) is 11.3 Å². The Morgan fingerprint density at radius 3 is 2.70 bits per heavy atom. The highest BCUT2D eigenvalue weighted by Crippen LogP contribution is 2.41. The molecule has 0 aliphatic carbocycles. The maximum atomic E-state index is 14.0. The number of aryl methyl sites for hydroxylation is 1. The molecule has 0 radical (unpaired) electrons. The molecule has 1 aliphatic rings. The van der Waals surface area contributed by atoms with Gasteiger partial charge in [0.1, 0.15) is 5.82 Å². The fraction of sp³-hybridized carbons (Fsp3) is 0.296. The summed E-state index contributed by atoms with van der Waals surface area (Å²) in [5, 5.41) is 5.80. The molecule has 2 aromatic carbocycles. The Labute approximate surface area is 192 Å². The van der Waals surface area contributed by atoms with E-state index in [0.29, 0.717) is 12.0 Å². The van der Waals surface area contributed by atoms with Crippen LogP contribution in [-0.2, 0) is 13.5 Å². The summed E-state index contributed by atoms with van der Waals surface area (Å²) in [4.78, 5) is 20.2. The van der Waals surface area contributed by atoms with Gasteiger partial charge < -0.3 is 4.90 Å². The Balaban J connectivity index is 1.59. The van der Waals surface area contributed by atoms with Crippen molar-refractivity contribution in [2.45, 2.75) is 45.2 Å². The van der Waals surface area contributed by atoms with E-state index in [9.17, 15) is 9.18 Å². The molecule has 0 spiro atoms. The summed E-state index contributed by atoms with van der Waals surface area (Å²) in [6.45, 7) is 4.21. The van der Waals surface area contributed by atoms with Crippen LogP contribution in [0.2, 0.25) is 0 Å². The van der Waals surface area contributed by atoms with Crippen LogP contribution in [0, 0.1) is 5.82 Å². The van der Waals surface area contributed by atoms with Gasteiger partial charge in [-0.25, -0.2) is 4.39 Å². The van der Waals surface area contributed by atoms with Gasteiger partial charge in [0.05, 0.1) is 22.9 Å². The van der Waals surface area contributed by atoms with E-state index in [1.54, 1.807) is 18.3 Å². The molecule has 2 unspecified atom stereocenters. The number of rotatable bonds is 4. The summed E-state index contributed by atoms with van der Waals surface area (Å²) >= 11 is 0. The molecule has 0 saturated carbocycles. The van der Waals surface area contributed by atoms with E-state index < -0.39 is 0 Å². The fourth-order valence-corrected chi connectivity index (χ4v) is 5.17. The Morgan fingerprint density at radius 1 is 1.09 bits per heavy atom. The maximum absolute atomic E-state index is 14.0. The van der Waals surface area contributed by atoms with E-state index in [1.165, 1.54) is 6.07 Å². The van der Waals surface area contributed by atoms with E-state index in [4.69, 9.17) is 5.10 Å². The minimum atomic E-state index is -0.264. The van der Waals surface area contributed by atoms with E-state index in [1.807, 2.05) is 53.0 Å². The van der Waals surface area contributed by atoms with Gasteiger partial charge in [0.25, 0.3) is 5.91 Å². The van der Waals surface area contributed by atoms with Gasteiger partial charge >= 0.3 is 0 Å². The standard InChI is InChI=1S/C27H27FN4O/c1-4-21-16-22-25(30-31(3)26(22)18-8-6-10-20(28)15-18)24(5-2)32(21)27(33)19-11-12-23-17(14-19)9-7-13-29-23/h6-15,21,24H,4-5,16H2,1-3H3. The van der Waals surface area contributed by atoms with E-state index in [2.05, 4.69) is 18.8 Å². The minimum absolute atomic E-state index is 0.0167. The molecule has 168 valence electrons. The molecular formula is C27H27FN4O. The van der Waals surface area contributed by atoms with Gasteiger partial charge in [-0.15, -0.1) is 0 Å². The summed E-state index contributed by atoms with van der Waals surface area (Å²) in [7, 11) is 1.90. The van der Waals surface area contributed by atoms with Crippen LogP contribution in [-0.4, -0.2) is 31.6 Å². The SMILES string of the molecule is CCC1Cc2c(nn(C)c2-c2cccc(F)c2)C(CC)N1C(=O)c1ccc2ncccc2c1. The smallest absolute Gasteiger partial charge is 0.254 e. The molecule has 33 heavy (non-hydrogen) atoms. The van der Waals surface area contributed by atoms with Crippen molar-refractivity contribution in [2.24, 2.45) is 7.05 Å². The zero-order valence-electron chi connectivity index (χ0n) is 19.1. The summed E-state index contributed by atoms with van der Waals surface area (Å²) in [6.07, 6.45) is 4.04. The van der Waals surface area contributed by atoms with Crippen molar-refractivity contribution >= 4 is 16.8 Å². The highest BCUT2D eigenvalue weighted by Gasteiger charge is 2.40. The number of hydrogen-bond acceptors (Lipinski definition) is 3. The zero-order valence-corrected chi connectivity index (χ0v) is 19.1. The van der Waals surface area contributed by atoms with Crippen LogP contribution in [0.15, 0.2) is 60.8 Å². The van der Waals surface area contributed by atoms with E-state index in [0.717, 1.165) is 46.3 Å². The lowest BCUT2D eigenvalue weighted by molar-refractivity contribution is 0.0513. The van der Waals surface area contributed by atoms with Gasteiger partial charge in [0, 0.05) is 41.4 Å². The quantitative estimate of drug-likeness (QED) is 0.407. The minimum Gasteiger partial charge on any atom is -0.327 e. The van der Waals surface area contributed by atoms with Crippen molar-refractivity contribution in [2.75, 3.05) is 0 Å². The van der Waals surface area contributed by atoms with Crippen LogP contribution in [0.25, 0.3) is 22.2 Å². The first-order valence-electron chi connectivity index (χ1n) is 11.5. The zero-order chi connectivity index (χ0) is 23.1. The molecule has 1 aliphatic heterocycles. The van der Waals surface area contributed by atoms with Crippen LogP contribution in [0.5, 0.6) is 0 Å². The first kappa shape index (κ1) is 21.3. The number of benzene rings is 2. The second-order valence-electron chi connectivity index (χ2n) is 8.66. The van der Waals surface area contributed by atoms with Gasteiger partial charge in [-0.3, -0.25) is 14.5 Å². The second kappa shape index (κ2) is 8.43. The third-order valence-electron chi connectivity index (χ3n) is 6.70. The van der Waals surface area contributed by atoms with E-state index >= 15 is 0 Å². The highest BCUT2D eigenvalue weighted by atomic mass is 19.1. The molecule has 3 heterocycles. The van der Waals surface area contributed by atoms with Crippen LogP contribution in [0.3, 0.4) is 0 Å². The predicted molar refractivity (Wildman–Crippen MR) is 127 cm³/mol. The molecule has 2 aromatic heterocycles. The number of carbonyl (C=O) groups is 1. The van der Waals surface area contributed by atoms with Gasteiger partial charge in [-0.1, -0.05) is 32.0 Å². The molecule has 0 N–H and O–H groups in total. The van der Waals surface area contributed by atoms with Gasteiger partial charge in [0.15, 0.2) is 0 Å². The average molecular weight is 443 g/mol. The number of pyridine rings is 1. The van der Waals surface area contributed by atoms with Crippen molar-refractivity contribution in [1.82, 2.24) is 19.7 Å². The van der Waals surface area contributed by atoms with Crippen molar-refractivity contribution < 1.29 is 9.18 Å². The number of carbonyl (C=O) groups excluding carboxylic acids is 1. The monoisotopic (exact) mass is 442 g/mol. The lowest BCUT2D eigenvalue weighted by atomic mass is 9.87. The average Bonchev–Trinajstić information content (AvgIpc) is 3.17. The largest absolute Gasteiger partial charge is 0.327 e. The third-order valence-corrected chi connectivity index (χ3v) is 6.70. The number of aromatic nitrogens is 3. The van der Waals surface area contributed by atoms with Crippen molar-refractivity contribution in [3.63, 3.8) is 0 Å². The lowest BCUT2D eigenvalue weighted by Crippen LogP contribution is -2.47. The summed E-state index contributed by atoms with van der Waals surface area (Å²) in [5.74, 6) is -0.247. The Bertz CT molecular complexity index is 1350. The molecule has 0 saturated heterocycles. The molecule has 0 bridgehead atoms. The summed E-state index contributed by atoms with van der Waals surface area (Å²) < 4.78 is 15.8. The molecule has 2 atom stereocenters. The first-order valence-corrected chi connectivity index (χ1v) is 11.5. The number of halogens is 1. The topological polar surface area (TPSA) is 51.0 Å². The second-order valence-corrected chi connectivity index (χ2v) is 8.66. The van der Waals surface area contributed by atoms with Crippen molar-refractivity contribution in [3.05, 3.63) is 83.4 Å². The first-order chi connectivity index (χ1) is 16.0. The Kier molecular flexibility index (Phi) is 5.44. The number of amides is 1. The maximum Gasteiger partial charge on any atom is 0.254 e. The molecule has 5 rings (SSSR count). The lowest BCUT2D eigenvalue weighted by Gasteiger charge is -2.41. The summed E-state index contributed by atoms with van der Waals surface area (Å²) in [5.41, 5.74) is 5.33. The van der Waals surface area contributed by atoms with Crippen LogP contribution in [0.1, 0.15) is 54.3 Å². The third kappa shape index (κ3) is 3.59.